The lowest BCUT2D eigenvalue weighted by Crippen LogP contribution is -2.24. The Kier molecular flexibility index (Phi) is 2.63. The van der Waals surface area contributed by atoms with Crippen LogP contribution in [0.2, 0.25) is 0 Å². The van der Waals surface area contributed by atoms with Crippen LogP contribution in [0.5, 0.6) is 0 Å². The summed E-state index contributed by atoms with van der Waals surface area (Å²) in [7, 11) is 0. The van der Waals surface area contributed by atoms with E-state index >= 15 is 0 Å². The number of carbonyl (C=O) groups is 1. The lowest BCUT2D eigenvalue weighted by molar-refractivity contribution is 0.177. The van der Waals surface area contributed by atoms with E-state index in [1.807, 2.05) is 6.07 Å². The van der Waals surface area contributed by atoms with Crippen LogP contribution >= 0.6 is 0 Å². The summed E-state index contributed by atoms with van der Waals surface area (Å²) >= 11 is 0. The number of anilines is 1. The first-order chi connectivity index (χ1) is 8.34. The highest BCUT2D eigenvalue weighted by Gasteiger charge is 2.27. The maximum Gasteiger partial charge on any atom is 0.407 e. The lowest BCUT2D eigenvalue weighted by Gasteiger charge is -2.23. The minimum absolute atomic E-state index is 0.000648. The van der Waals surface area contributed by atoms with Crippen molar-refractivity contribution in [3.05, 3.63) is 29.8 Å². The van der Waals surface area contributed by atoms with Crippen LogP contribution in [0.15, 0.2) is 24.3 Å². The molecule has 2 saturated heterocycles. The van der Waals surface area contributed by atoms with E-state index in [2.05, 4.69) is 28.4 Å². The van der Waals surface area contributed by atoms with Gasteiger partial charge in [0.05, 0.1) is 6.04 Å². The molecule has 1 N–H and O–H groups in total. The molecule has 17 heavy (non-hydrogen) atoms. The van der Waals surface area contributed by atoms with Gasteiger partial charge in [-0.2, -0.15) is 0 Å². The fraction of sp³-hybridized carbons (Fsp3) is 0.462. The molecule has 0 radical (unpaired) electrons. The van der Waals surface area contributed by atoms with Crippen molar-refractivity contribution in [2.24, 2.45) is 0 Å². The number of rotatable bonds is 2. The Morgan fingerprint density at radius 2 is 2.00 bits per heavy atom. The van der Waals surface area contributed by atoms with Crippen molar-refractivity contribution < 1.29 is 9.53 Å². The van der Waals surface area contributed by atoms with E-state index in [9.17, 15) is 4.79 Å². The van der Waals surface area contributed by atoms with Gasteiger partial charge >= 0.3 is 6.09 Å². The molecular formula is C13H16N2O2. The summed E-state index contributed by atoms with van der Waals surface area (Å²) in [5.41, 5.74) is 2.40. The van der Waals surface area contributed by atoms with E-state index in [1.54, 1.807) is 0 Å². The highest BCUT2D eigenvalue weighted by molar-refractivity contribution is 5.71. The van der Waals surface area contributed by atoms with Crippen LogP contribution < -0.4 is 10.2 Å². The molecule has 2 aliphatic rings. The predicted molar refractivity (Wildman–Crippen MR) is 65.1 cm³/mol. The number of alkyl carbamates (subject to hydrolysis) is 1. The molecule has 0 aromatic heterocycles. The molecule has 0 spiro atoms. The highest BCUT2D eigenvalue weighted by atomic mass is 16.6. The van der Waals surface area contributed by atoms with Gasteiger partial charge in [-0.25, -0.2) is 4.79 Å². The third-order valence-electron chi connectivity index (χ3n) is 3.43. The standard InChI is InChI=1S/C13H16N2O2/c16-13-14-11(9-17-13)10-5-1-2-6-12(10)15-7-3-4-8-15/h1-2,5-6,11H,3-4,7-9H2,(H,14,16). The first-order valence-electron chi connectivity index (χ1n) is 6.12. The number of nitrogens with zero attached hydrogens (tertiary/aromatic N) is 1. The topological polar surface area (TPSA) is 41.6 Å². The molecule has 1 amide bonds. The Balaban J connectivity index is 1.90. The van der Waals surface area contributed by atoms with Gasteiger partial charge in [-0.3, -0.25) is 0 Å². The summed E-state index contributed by atoms with van der Waals surface area (Å²) in [4.78, 5) is 13.5. The van der Waals surface area contributed by atoms with Gasteiger partial charge in [0, 0.05) is 24.3 Å². The summed E-state index contributed by atoms with van der Waals surface area (Å²) in [5, 5.41) is 2.85. The number of hydrogen-bond acceptors (Lipinski definition) is 3. The number of carbonyl (C=O) groups excluding carboxylic acids is 1. The molecule has 4 nitrogen and oxygen atoms in total. The molecule has 2 aliphatic heterocycles. The highest BCUT2D eigenvalue weighted by Crippen LogP contribution is 2.30. The maximum atomic E-state index is 11.1. The summed E-state index contributed by atoms with van der Waals surface area (Å²) in [5.74, 6) is 0. The number of para-hydroxylation sites is 1. The summed E-state index contributed by atoms with van der Waals surface area (Å²) in [6.07, 6.45) is 2.19. The Bertz CT molecular complexity index is 427. The third-order valence-corrected chi connectivity index (χ3v) is 3.43. The minimum Gasteiger partial charge on any atom is -0.447 e. The smallest absolute Gasteiger partial charge is 0.407 e. The van der Waals surface area contributed by atoms with E-state index in [4.69, 9.17) is 4.74 Å². The largest absolute Gasteiger partial charge is 0.447 e. The van der Waals surface area contributed by atoms with Crippen molar-refractivity contribution in [3.63, 3.8) is 0 Å². The van der Waals surface area contributed by atoms with Crippen LogP contribution in [-0.4, -0.2) is 25.8 Å². The monoisotopic (exact) mass is 232 g/mol. The van der Waals surface area contributed by atoms with Crippen molar-refractivity contribution in [1.29, 1.82) is 0 Å². The fourth-order valence-electron chi connectivity index (χ4n) is 2.58. The zero-order valence-corrected chi connectivity index (χ0v) is 9.69. The second-order valence-corrected chi connectivity index (χ2v) is 4.55. The molecule has 0 saturated carbocycles. The van der Waals surface area contributed by atoms with Crippen molar-refractivity contribution in [3.8, 4) is 0 Å². The van der Waals surface area contributed by atoms with Crippen molar-refractivity contribution in [1.82, 2.24) is 5.32 Å². The molecule has 1 atom stereocenters. The molecule has 2 heterocycles. The quantitative estimate of drug-likeness (QED) is 0.848. The lowest BCUT2D eigenvalue weighted by atomic mass is 10.1. The number of nitrogens with one attached hydrogen (secondary N) is 1. The van der Waals surface area contributed by atoms with E-state index in [0.29, 0.717) is 6.61 Å². The van der Waals surface area contributed by atoms with Gasteiger partial charge in [0.2, 0.25) is 0 Å². The predicted octanol–water partition coefficient (Wildman–Crippen LogP) is 2.07. The van der Waals surface area contributed by atoms with Crippen LogP contribution in [0.3, 0.4) is 0 Å². The Labute approximate surface area is 101 Å². The van der Waals surface area contributed by atoms with Gasteiger partial charge in [-0.05, 0) is 18.9 Å². The van der Waals surface area contributed by atoms with Crippen LogP contribution in [-0.2, 0) is 4.74 Å². The summed E-state index contributed by atoms with van der Waals surface area (Å²) < 4.78 is 4.97. The Hall–Kier alpha value is -1.71. The van der Waals surface area contributed by atoms with Gasteiger partial charge in [-0.1, -0.05) is 18.2 Å². The first kappa shape index (κ1) is 10.4. The molecule has 3 rings (SSSR count). The molecule has 1 aromatic rings. The molecule has 1 aromatic carbocycles. The van der Waals surface area contributed by atoms with Gasteiger partial charge in [-0.15, -0.1) is 0 Å². The van der Waals surface area contributed by atoms with Crippen LogP contribution in [0.4, 0.5) is 10.5 Å². The molecule has 90 valence electrons. The average molecular weight is 232 g/mol. The normalized spacial score (nSPS) is 23.6. The Morgan fingerprint density at radius 3 is 2.71 bits per heavy atom. The number of ether oxygens (including phenoxy) is 1. The first-order valence-corrected chi connectivity index (χ1v) is 6.12. The number of benzene rings is 1. The minimum atomic E-state index is -0.314. The van der Waals surface area contributed by atoms with Crippen LogP contribution in [0.1, 0.15) is 24.4 Å². The zero-order chi connectivity index (χ0) is 11.7. The van der Waals surface area contributed by atoms with Gasteiger partial charge in [0.15, 0.2) is 0 Å². The van der Waals surface area contributed by atoms with Gasteiger partial charge in [0.1, 0.15) is 6.61 Å². The second-order valence-electron chi connectivity index (χ2n) is 4.55. The number of hydrogen-bond donors (Lipinski definition) is 1. The average Bonchev–Trinajstić information content (AvgIpc) is 3.00. The Morgan fingerprint density at radius 1 is 1.24 bits per heavy atom. The molecule has 0 aliphatic carbocycles. The molecule has 1 unspecified atom stereocenters. The number of cyclic esters (lactones) is 1. The second kappa shape index (κ2) is 4.28. The van der Waals surface area contributed by atoms with E-state index in [-0.39, 0.29) is 12.1 Å². The van der Waals surface area contributed by atoms with E-state index < -0.39 is 0 Å². The van der Waals surface area contributed by atoms with Gasteiger partial charge in [0.25, 0.3) is 0 Å². The van der Waals surface area contributed by atoms with E-state index in [1.165, 1.54) is 24.1 Å². The third kappa shape index (κ3) is 1.95. The fourth-order valence-corrected chi connectivity index (χ4v) is 2.58. The molecule has 4 heteroatoms. The SMILES string of the molecule is O=C1NC(c2ccccc2N2CCCC2)CO1. The summed E-state index contributed by atoms with van der Waals surface area (Å²) in [6.45, 7) is 2.65. The molecular weight excluding hydrogens is 216 g/mol. The van der Waals surface area contributed by atoms with Crippen molar-refractivity contribution in [2.75, 3.05) is 24.6 Å². The van der Waals surface area contributed by atoms with Crippen LogP contribution in [0.25, 0.3) is 0 Å². The zero-order valence-electron chi connectivity index (χ0n) is 9.69. The maximum absolute atomic E-state index is 11.1. The van der Waals surface area contributed by atoms with Crippen LogP contribution in [0, 0.1) is 0 Å². The molecule has 2 fully saturated rings. The van der Waals surface area contributed by atoms with E-state index in [0.717, 1.165) is 13.1 Å². The van der Waals surface area contributed by atoms with Crippen molar-refractivity contribution >= 4 is 11.8 Å². The molecule has 0 bridgehead atoms. The van der Waals surface area contributed by atoms with Gasteiger partial charge < -0.3 is 15.0 Å². The van der Waals surface area contributed by atoms with Crippen molar-refractivity contribution in [2.45, 2.75) is 18.9 Å². The summed E-state index contributed by atoms with van der Waals surface area (Å²) in [6, 6.07) is 8.27. The number of amides is 1.